The number of carbonyl (C=O) groups excluding carboxylic acids is 1. The van der Waals surface area contributed by atoms with Crippen molar-refractivity contribution in [2.75, 3.05) is 0 Å². The Labute approximate surface area is 55.2 Å². The molecule has 0 unspecified atom stereocenters. The molecule has 4 heavy (non-hydrogen) atoms. The van der Waals surface area contributed by atoms with E-state index in [1.54, 1.807) is 0 Å². The van der Waals surface area contributed by atoms with Crippen LogP contribution < -0.4 is 6.15 Å². The first kappa shape index (κ1) is 20.7. The molecule has 0 aromatic rings. The maximum absolute atomic E-state index is 8.00. The second-order valence-corrected chi connectivity index (χ2v) is 0. The van der Waals surface area contributed by atoms with E-state index >= 15 is 0 Å². The second-order valence-electron chi connectivity index (χ2n) is 0. The summed E-state index contributed by atoms with van der Waals surface area (Å²) in [7, 11) is 0. The molecule has 0 radical (unpaired) electrons. The van der Waals surface area contributed by atoms with Gasteiger partial charge in [0, 0.05) is 37.7 Å². The van der Waals surface area contributed by atoms with E-state index in [0.717, 1.165) is 0 Å². The van der Waals surface area contributed by atoms with Crippen molar-refractivity contribution in [2.24, 2.45) is 0 Å². The van der Waals surface area contributed by atoms with Crippen LogP contribution in [0.15, 0.2) is 0 Å². The normalized spacial score (nSPS) is 1.00. The molecule has 0 aliphatic rings. The second kappa shape index (κ2) is 41.0. The molecule has 0 amide bonds. The molecule has 0 aromatic carbocycles. The summed E-state index contributed by atoms with van der Waals surface area (Å²) < 4.78 is 0. The van der Waals surface area contributed by atoms with Gasteiger partial charge in [-0.1, -0.05) is 0 Å². The molecule has 0 aliphatic carbocycles. The largest absolute Gasteiger partial charge is 0.344 e. The summed E-state index contributed by atoms with van der Waals surface area (Å²) in [6, 6.07) is 0. The minimum Gasteiger partial charge on any atom is -0.344 e. The van der Waals surface area contributed by atoms with Crippen LogP contribution in [0.5, 0.6) is 0 Å². The van der Waals surface area contributed by atoms with E-state index in [1.165, 1.54) is 0 Å². The van der Waals surface area contributed by atoms with Gasteiger partial charge in [-0.15, -0.1) is 0 Å². The molecule has 28 valence electrons. The molecule has 0 aliphatic heterocycles. The summed E-state index contributed by atoms with van der Waals surface area (Å²) in [5, 5.41) is 0. The summed E-state index contributed by atoms with van der Waals surface area (Å²) >= 11 is 0. The van der Waals surface area contributed by atoms with Crippen molar-refractivity contribution in [1.82, 2.24) is 6.15 Å². The van der Waals surface area contributed by atoms with Gasteiger partial charge in [-0.2, -0.15) is 0 Å². The predicted octanol–water partition coefficient (Wildman–Crippen LogP) is -0.0229. The van der Waals surface area contributed by atoms with E-state index in [-0.39, 0.29) is 43.9 Å². The quantitative estimate of drug-likeness (QED) is 0.451. The Kier molecular flexibility index (Phi) is 213. The van der Waals surface area contributed by atoms with Crippen molar-refractivity contribution in [2.45, 2.75) is 0 Å². The fourth-order valence-corrected chi connectivity index (χ4v) is 0. The molecule has 0 saturated heterocycles. The smallest absolute Gasteiger partial charge is 0.106 e. The molecule has 0 saturated carbocycles. The van der Waals surface area contributed by atoms with Gasteiger partial charge in [0.1, 0.15) is 6.79 Å². The van der Waals surface area contributed by atoms with Crippen molar-refractivity contribution < 1.29 is 42.5 Å². The van der Waals surface area contributed by atoms with Gasteiger partial charge in [-0.25, -0.2) is 0 Å². The summed E-state index contributed by atoms with van der Waals surface area (Å²) in [5.74, 6) is 0. The number of carbonyl (C=O) groups is 1. The average molecular weight is 87.0 g/mol. The van der Waals surface area contributed by atoms with Crippen LogP contribution in [0.25, 0.3) is 0 Å². The Morgan fingerprint density at radius 3 is 1.25 bits per heavy atom. The van der Waals surface area contributed by atoms with Gasteiger partial charge in [0.2, 0.25) is 0 Å². The van der Waals surface area contributed by atoms with Crippen molar-refractivity contribution >= 4 is 6.79 Å². The third-order valence-electron chi connectivity index (χ3n) is 0. The third kappa shape index (κ3) is 13.0. The minimum atomic E-state index is 0. The summed E-state index contributed by atoms with van der Waals surface area (Å²) in [5.41, 5.74) is 0. The Bertz CT molecular complexity index is 8.00. The van der Waals surface area contributed by atoms with Crippen LogP contribution in [-0.2, 0) is 4.79 Å². The average Bonchev–Trinajstić information content (AvgIpc) is 1.00. The fourth-order valence-electron chi connectivity index (χ4n) is 0. The Hall–Kier alpha value is 0.890. The van der Waals surface area contributed by atoms with Gasteiger partial charge in [0.15, 0.2) is 0 Å². The van der Waals surface area contributed by atoms with E-state index in [0.29, 0.717) is 0 Å². The van der Waals surface area contributed by atoms with Crippen LogP contribution in [0.1, 0.15) is 0 Å². The zero-order valence-corrected chi connectivity index (χ0v) is 2.88. The molecule has 3 heteroatoms. The molecule has 0 rings (SSSR count). The minimum absolute atomic E-state index is 0. The Morgan fingerprint density at radius 2 is 1.25 bits per heavy atom. The topological polar surface area (TPSA) is 52.1 Å². The van der Waals surface area contributed by atoms with Crippen LogP contribution in [0.2, 0.25) is 0 Å². The van der Waals surface area contributed by atoms with Crippen molar-refractivity contribution in [3.8, 4) is 0 Å². The zero-order valence-electron chi connectivity index (χ0n) is 2.18. The first-order valence-corrected chi connectivity index (χ1v) is 0.289. The van der Waals surface area contributed by atoms with Crippen molar-refractivity contribution in [3.05, 3.63) is 0 Å². The third-order valence-corrected chi connectivity index (χ3v) is 0. The molecule has 0 spiro atoms. The van der Waals surface area contributed by atoms with E-state index < -0.39 is 0 Å². The van der Waals surface area contributed by atoms with Gasteiger partial charge in [0.25, 0.3) is 0 Å². The van der Waals surface area contributed by atoms with E-state index in [1.807, 2.05) is 6.79 Å². The van der Waals surface area contributed by atoms with Gasteiger partial charge < -0.3 is 10.9 Å². The number of hydrogen-bond donors (Lipinski definition) is 1. The van der Waals surface area contributed by atoms with Gasteiger partial charge in [0.05, 0.1) is 0 Å². The molecular formula is CH5ArNO. The monoisotopic (exact) mass is 87.0 g/mol. The number of rotatable bonds is 0. The molecule has 0 atom stereocenters. The maximum atomic E-state index is 8.00. The fraction of sp³-hybridized carbons (Fsp3) is 0. The number of hydrogen-bond acceptors (Lipinski definition) is 2. The molecule has 0 aromatic heterocycles. The molecule has 0 heterocycles. The van der Waals surface area contributed by atoms with Crippen LogP contribution in [0, 0.1) is 37.7 Å². The van der Waals surface area contributed by atoms with Crippen molar-refractivity contribution in [3.63, 3.8) is 0 Å². The first-order valence-electron chi connectivity index (χ1n) is 0.289. The molecule has 0 fully saturated rings. The van der Waals surface area contributed by atoms with Gasteiger partial charge >= 0.3 is 0 Å². The van der Waals surface area contributed by atoms with E-state index in [4.69, 9.17) is 4.79 Å². The van der Waals surface area contributed by atoms with Crippen molar-refractivity contribution in [1.29, 1.82) is 0 Å². The summed E-state index contributed by atoms with van der Waals surface area (Å²) in [6.45, 7) is 2.00. The molecular weight excluding hydrogens is 82.0 g/mol. The summed E-state index contributed by atoms with van der Waals surface area (Å²) in [4.78, 5) is 8.00. The maximum Gasteiger partial charge on any atom is 0.106 e. The predicted molar refractivity (Wildman–Crippen MR) is 12.1 cm³/mol. The zero-order chi connectivity index (χ0) is 2.00. The van der Waals surface area contributed by atoms with E-state index in [2.05, 4.69) is 0 Å². The Morgan fingerprint density at radius 1 is 1.25 bits per heavy atom. The van der Waals surface area contributed by atoms with Gasteiger partial charge in [-0.3, -0.25) is 0 Å². The van der Waals surface area contributed by atoms with Crippen LogP contribution in [0.3, 0.4) is 0 Å². The Balaban J connectivity index is -0.00000000500. The van der Waals surface area contributed by atoms with Crippen LogP contribution >= 0.6 is 0 Å². The van der Waals surface area contributed by atoms with Crippen LogP contribution in [0.4, 0.5) is 0 Å². The standard InChI is InChI=1S/CH2O.Ar.H3N/c1-2;;/h1H2;;1H3. The molecule has 3 N–H and O–H groups in total. The molecule has 2 nitrogen and oxygen atoms in total. The van der Waals surface area contributed by atoms with E-state index in [9.17, 15) is 0 Å². The van der Waals surface area contributed by atoms with Crippen LogP contribution in [-0.4, -0.2) is 6.79 Å². The first-order chi connectivity index (χ1) is 1.00. The summed E-state index contributed by atoms with van der Waals surface area (Å²) in [6.07, 6.45) is 0. The molecule has 0 bridgehead atoms. The van der Waals surface area contributed by atoms with Gasteiger partial charge in [-0.05, 0) is 0 Å². The SMILES string of the molecule is C=O.N.[Ar].